The van der Waals surface area contributed by atoms with Gasteiger partial charge in [0.25, 0.3) is 0 Å². The van der Waals surface area contributed by atoms with E-state index >= 15 is 0 Å². The SMILES string of the molecule is CC(C)(C)OC(=O)N1CC[CH-]CC1.[Zn+2]. The van der Waals surface area contributed by atoms with Crippen LogP contribution in [0.2, 0.25) is 0 Å². The number of hydrogen-bond acceptors (Lipinski definition) is 2. The number of likely N-dealkylation sites (tertiary alicyclic amines) is 1. The van der Waals surface area contributed by atoms with Gasteiger partial charge in [-0.25, -0.2) is 4.79 Å². The van der Waals surface area contributed by atoms with Crippen molar-refractivity contribution in [2.75, 3.05) is 13.1 Å². The first kappa shape index (κ1) is 13.9. The van der Waals surface area contributed by atoms with Crippen molar-refractivity contribution in [3.05, 3.63) is 6.42 Å². The van der Waals surface area contributed by atoms with E-state index in [-0.39, 0.29) is 31.2 Å². The first-order valence-electron chi connectivity index (χ1n) is 4.78. The van der Waals surface area contributed by atoms with Crippen LogP contribution in [0.5, 0.6) is 0 Å². The van der Waals surface area contributed by atoms with E-state index in [0.717, 1.165) is 25.9 Å². The summed E-state index contributed by atoms with van der Waals surface area (Å²) in [4.78, 5) is 13.3. The Morgan fingerprint density at radius 1 is 1.29 bits per heavy atom. The van der Waals surface area contributed by atoms with Crippen molar-refractivity contribution in [2.45, 2.75) is 39.2 Å². The summed E-state index contributed by atoms with van der Waals surface area (Å²) in [5, 5.41) is 0. The molecule has 0 radical (unpaired) electrons. The van der Waals surface area contributed by atoms with Gasteiger partial charge in [-0.15, -0.1) is 0 Å². The quantitative estimate of drug-likeness (QED) is 0.487. The molecule has 0 bridgehead atoms. The summed E-state index contributed by atoms with van der Waals surface area (Å²) >= 11 is 0. The second-order valence-corrected chi connectivity index (χ2v) is 4.33. The number of ether oxygens (including phenoxy) is 1. The van der Waals surface area contributed by atoms with Gasteiger partial charge in [0.1, 0.15) is 5.60 Å². The Hall–Kier alpha value is -0.107. The fraction of sp³-hybridized carbons (Fsp3) is 0.800. The maximum Gasteiger partial charge on any atom is 2.00 e. The number of nitrogens with zero attached hydrogens (tertiary/aromatic N) is 1. The maximum atomic E-state index is 11.5. The van der Waals surface area contributed by atoms with Gasteiger partial charge in [-0.05, 0) is 33.9 Å². The Balaban J connectivity index is 0.00000169. The Morgan fingerprint density at radius 2 is 1.79 bits per heavy atom. The molecule has 0 aromatic rings. The molecule has 4 heteroatoms. The van der Waals surface area contributed by atoms with E-state index in [9.17, 15) is 4.79 Å². The van der Waals surface area contributed by atoms with Crippen LogP contribution < -0.4 is 0 Å². The van der Waals surface area contributed by atoms with E-state index in [1.807, 2.05) is 20.8 Å². The zero-order chi connectivity index (χ0) is 9.90. The molecule has 0 unspecified atom stereocenters. The van der Waals surface area contributed by atoms with Gasteiger partial charge >= 0.3 is 25.6 Å². The third kappa shape index (κ3) is 4.95. The average Bonchev–Trinajstić information content (AvgIpc) is 2.03. The molecule has 1 aliphatic rings. The predicted octanol–water partition coefficient (Wildman–Crippen LogP) is 2.22. The Kier molecular flexibility index (Phi) is 5.65. The molecule has 1 saturated heterocycles. The number of carbonyl (C=O) groups is 1. The second kappa shape index (κ2) is 5.70. The van der Waals surface area contributed by atoms with Crippen molar-refractivity contribution in [1.29, 1.82) is 0 Å². The van der Waals surface area contributed by atoms with Gasteiger partial charge in [0.15, 0.2) is 0 Å². The second-order valence-electron chi connectivity index (χ2n) is 4.33. The molecule has 1 amide bonds. The maximum absolute atomic E-state index is 11.5. The zero-order valence-corrected chi connectivity index (χ0v) is 12.3. The van der Waals surface area contributed by atoms with Crippen molar-refractivity contribution < 1.29 is 29.0 Å². The smallest absolute Gasteiger partial charge is 0.444 e. The van der Waals surface area contributed by atoms with Crippen LogP contribution >= 0.6 is 0 Å². The van der Waals surface area contributed by atoms with Gasteiger partial charge < -0.3 is 16.1 Å². The number of carbonyl (C=O) groups excluding carboxylic acids is 1. The first-order valence-corrected chi connectivity index (χ1v) is 4.78. The molecule has 1 rings (SSSR count). The predicted molar refractivity (Wildman–Crippen MR) is 51.3 cm³/mol. The number of piperidine rings is 1. The molecule has 0 aromatic heterocycles. The fourth-order valence-electron chi connectivity index (χ4n) is 1.26. The molecule has 3 nitrogen and oxygen atoms in total. The average molecular weight is 250 g/mol. The van der Waals surface area contributed by atoms with Crippen LogP contribution in [-0.4, -0.2) is 29.7 Å². The third-order valence-electron chi connectivity index (χ3n) is 1.86. The van der Waals surface area contributed by atoms with Gasteiger partial charge in [-0.1, -0.05) is 0 Å². The van der Waals surface area contributed by atoms with Crippen molar-refractivity contribution in [2.24, 2.45) is 0 Å². The van der Waals surface area contributed by atoms with Gasteiger partial charge in [0.2, 0.25) is 0 Å². The largest absolute Gasteiger partial charge is 2.00 e. The van der Waals surface area contributed by atoms with Gasteiger partial charge in [0.05, 0.1) is 0 Å². The number of rotatable bonds is 0. The van der Waals surface area contributed by atoms with Gasteiger partial charge in [-0.3, -0.25) is 0 Å². The minimum Gasteiger partial charge on any atom is -0.444 e. The summed E-state index contributed by atoms with van der Waals surface area (Å²) in [6.07, 6.45) is 4.00. The van der Waals surface area contributed by atoms with E-state index < -0.39 is 0 Å². The molecule has 0 N–H and O–H groups in total. The first-order chi connectivity index (χ1) is 5.99. The Bertz CT molecular complexity index is 183. The summed E-state index contributed by atoms with van der Waals surface area (Å²) in [6, 6.07) is 0. The number of amides is 1. The Labute approximate surface area is 98.9 Å². The van der Waals surface area contributed by atoms with E-state index in [4.69, 9.17) is 4.74 Å². The molecule has 1 fully saturated rings. The molecule has 0 aromatic carbocycles. The summed E-state index contributed by atoms with van der Waals surface area (Å²) in [5.41, 5.74) is -0.377. The molecule has 0 atom stereocenters. The Morgan fingerprint density at radius 3 is 2.21 bits per heavy atom. The molecular formula is C10H18NO2Zn+. The van der Waals surface area contributed by atoms with Crippen LogP contribution in [-0.2, 0) is 24.2 Å². The van der Waals surface area contributed by atoms with Crippen LogP contribution in [0.3, 0.4) is 0 Å². The van der Waals surface area contributed by atoms with E-state index in [2.05, 4.69) is 6.42 Å². The zero-order valence-electron chi connectivity index (χ0n) is 9.38. The molecule has 0 saturated carbocycles. The third-order valence-corrected chi connectivity index (χ3v) is 1.86. The van der Waals surface area contributed by atoms with Crippen molar-refractivity contribution >= 4 is 6.09 Å². The topological polar surface area (TPSA) is 29.5 Å². The van der Waals surface area contributed by atoms with Crippen molar-refractivity contribution in [1.82, 2.24) is 4.90 Å². The summed E-state index contributed by atoms with van der Waals surface area (Å²) in [5.74, 6) is 0. The monoisotopic (exact) mass is 248 g/mol. The minimum atomic E-state index is -0.377. The van der Waals surface area contributed by atoms with Crippen molar-refractivity contribution in [3.63, 3.8) is 0 Å². The van der Waals surface area contributed by atoms with Crippen molar-refractivity contribution in [3.8, 4) is 0 Å². The van der Waals surface area contributed by atoms with E-state index in [1.54, 1.807) is 4.90 Å². The van der Waals surface area contributed by atoms with Gasteiger partial charge in [0, 0.05) is 0 Å². The van der Waals surface area contributed by atoms with Crippen LogP contribution in [0.25, 0.3) is 0 Å². The number of hydrogen-bond donors (Lipinski definition) is 0. The van der Waals surface area contributed by atoms with Crippen LogP contribution in [0.4, 0.5) is 4.79 Å². The molecular weight excluding hydrogens is 232 g/mol. The van der Waals surface area contributed by atoms with Crippen LogP contribution in [0, 0.1) is 6.42 Å². The molecule has 0 aliphatic carbocycles. The molecule has 1 heterocycles. The van der Waals surface area contributed by atoms with E-state index in [1.165, 1.54) is 0 Å². The summed E-state index contributed by atoms with van der Waals surface area (Å²) in [7, 11) is 0. The van der Waals surface area contributed by atoms with Crippen LogP contribution in [0.1, 0.15) is 33.6 Å². The summed E-state index contributed by atoms with van der Waals surface area (Å²) in [6.45, 7) is 7.27. The molecule has 76 valence electrons. The van der Waals surface area contributed by atoms with E-state index in [0.29, 0.717) is 0 Å². The molecule has 14 heavy (non-hydrogen) atoms. The fourth-order valence-corrected chi connectivity index (χ4v) is 1.26. The summed E-state index contributed by atoms with van der Waals surface area (Å²) < 4.78 is 5.25. The standard InChI is InChI=1S/C10H18NO2.Zn/c1-10(2,3)13-9(12)11-7-5-4-6-8-11;/h4H,5-8H2,1-3H3;/q-1;+2. The minimum absolute atomic E-state index is 0. The van der Waals surface area contributed by atoms with Gasteiger partial charge in [-0.2, -0.15) is 12.8 Å². The van der Waals surface area contributed by atoms with Crippen LogP contribution in [0.15, 0.2) is 0 Å². The molecule has 0 spiro atoms. The normalized spacial score (nSPS) is 17.2. The molecule has 1 aliphatic heterocycles.